The molecule has 8 nitrogen and oxygen atoms in total. The molecular weight excluding hydrogens is 338 g/mol. The van der Waals surface area contributed by atoms with E-state index in [4.69, 9.17) is 9.47 Å². The zero-order valence-corrected chi connectivity index (χ0v) is 14.6. The van der Waals surface area contributed by atoms with E-state index in [-0.39, 0.29) is 12.5 Å². The molecule has 1 aliphatic heterocycles. The van der Waals surface area contributed by atoms with Gasteiger partial charge in [0.15, 0.2) is 6.61 Å². The fraction of sp³-hybridized carbons (Fsp3) is 0.389. The van der Waals surface area contributed by atoms with Crippen molar-refractivity contribution in [3.63, 3.8) is 0 Å². The van der Waals surface area contributed by atoms with Crippen LogP contribution in [0, 0.1) is 0 Å². The van der Waals surface area contributed by atoms with Crippen molar-refractivity contribution in [2.45, 2.75) is 0 Å². The van der Waals surface area contributed by atoms with Gasteiger partial charge in [0.1, 0.15) is 0 Å². The predicted octanol–water partition coefficient (Wildman–Crippen LogP) is 0.642. The van der Waals surface area contributed by atoms with Crippen LogP contribution in [0.2, 0.25) is 0 Å². The van der Waals surface area contributed by atoms with Gasteiger partial charge in [0, 0.05) is 37.2 Å². The maximum Gasteiger partial charge on any atom is 0.340 e. The Hall–Kier alpha value is -2.87. The summed E-state index contributed by atoms with van der Waals surface area (Å²) >= 11 is 0. The lowest BCUT2D eigenvalue weighted by atomic mass is 10.2. The molecule has 1 fully saturated rings. The molecule has 1 aromatic carbocycles. The number of ether oxygens (including phenoxy) is 2. The van der Waals surface area contributed by atoms with E-state index in [1.54, 1.807) is 17.2 Å². The Balaban J connectivity index is 1.51. The average Bonchev–Trinajstić information content (AvgIpc) is 3.10. The second-order valence-electron chi connectivity index (χ2n) is 6.07. The first-order valence-electron chi connectivity index (χ1n) is 8.39. The molecule has 0 unspecified atom stereocenters. The van der Waals surface area contributed by atoms with E-state index >= 15 is 0 Å². The number of morpholine rings is 1. The van der Waals surface area contributed by atoms with E-state index in [0.29, 0.717) is 31.9 Å². The van der Waals surface area contributed by atoms with E-state index in [1.165, 1.54) is 11.9 Å². The minimum atomic E-state index is -0.580. The number of fused-ring (bicyclic) bond motifs is 1. The van der Waals surface area contributed by atoms with Crippen LogP contribution in [0.15, 0.2) is 30.5 Å². The Morgan fingerprint density at radius 3 is 2.73 bits per heavy atom. The average molecular weight is 359 g/mol. The Kier molecular flexibility index (Phi) is 5.52. The molecule has 2 amide bonds. The third-order valence-corrected chi connectivity index (χ3v) is 4.30. The summed E-state index contributed by atoms with van der Waals surface area (Å²) in [6.07, 6.45) is 1.56. The minimum Gasteiger partial charge on any atom is -0.452 e. The fourth-order valence-corrected chi connectivity index (χ4v) is 2.76. The SMILES string of the molecule is CN(CC(=O)N1CCOCC1)C(=O)COC(=O)c1c[nH]c2ccccc12. The highest BCUT2D eigenvalue weighted by atomic mass is 16.5. The first-order chi connectivity index (χ1) is 12.6. The number of carbonyl (C=O) groups excluding carboxylic acids is 3. The standard InChI is InChI=1S/C18H21N3O5/c1-20(11-16(22)21-6-8-25-9-7-21)17(23)12-26-18(24)14-10-19-15-5-3-2-4-13(14)15/h2-5,10,19H,6-9,11-12H2,1H3. The number of hydrogen-bond donors (Lipinski definition) is 1. The molecular formula is C18H21N3O5. The van der Waals surface area contributed by atoms with Gasteiger partial charge in [0.2, 0.25) is 5.91 Å². The number of hydrogen-bond acceptors (Lipinski definition) is 5. The van der Waals surface area contributed by atoms with Gasteiger partial charge in [-0.15, -0.1) is 0 Å². The van der Waals surface area contributed by atoms with Crippen LogP contribution in [-0.4, -0.2) is 79.1 Å². The molecule has 8 heteroatoms. The zero-order valence-electron chi connectivity index (χ0n) is 14.6. The normalized spacial score (nSPS) is 14.3. The van der Waals surface area contributed by atoms with Crippen LogP contribution in [0.3, 0.4) is 0 Å². The van der Waals surface area contributed by atoms with Crippen molar-refractivity contribution in [1.29, 1.82) is 0 Å². The van der Waals surface area contributed by atoms with Crippen LogP contribution in [0.5, 0.6) is 0 Å². The molecule has 2 aromatic rings. The van der Waals surface area contributed by atoms with Crippen LogP contribution < -0.4 is 0 Å². The topological polar surface area (TPSA) is 91.9 Å². The molecule has 0 spiro atoms. The van der Waals surface area contributed by atoms with E-state index in [1.807, 2.05) is 18.2 Å². The fourth-order valence-electron chi connectivity index (χ4n) is 2.76. The Labute approximate surface area is 150 Å². The van der Waals surface area contributed by atoms with Gasteiger partial charge in [-0.2, -0.15) is 0 Å². The van der Waals surface area contributed by atoms with E-state index in [2.05, 4.69) is 4.98 Å². The van der Waals surface area contributed by atoms with E-state index < -0.39 is 18.5 Å². The molecule has 0 radical (unpaired) electrons. The van der Waals surface area contributed by atoms with Gasteiger partial charge in [-0.25, -0.2) is 4.79 Å². The van der Waals surface area contributed by atoms with Gasteiger partial charge in [-0.05, 0) is 6.07 Å². The molecule has 1 saturated heterocycles. The summed E-state index contributed by atoms with van der Waals surface area (Å²) in [5.41, 5.74) is 1.19. The van der Waals surface area contributed by atoms with Gasteiger partial charge in [-0.3, -0.25) is 9.59 Å². The third-order valence-electron chi connectivity index (χ3n) is 4.30. The van der Waals surface area contributed by atoms with Crippen LogP contribution in [0.1, 0.15) is 10.4 Å². The summed E-state index contributed by atoms with van der Waals surface area (Å²) in [6, 6.07) is 7.33. The van der Waals surface area contributed by atoms with Crippen molar-refractivity contribution >= 4 is 28.7 Å². The first kappa shape index (κ1) is 17.9. The lowest BCUT2D eigenvalue weighted by molar-refractivity contribution is -0.143. The number of aromatic amines is 1. The number of carbonyl (C=O) groups is 3. The van der Waals surface area contributed by atoms with Crippen molar-refractivity contribution in [3.05, 3.63) is 36.0 Å². The largest absolute Gasteiger partial charge is 0.452 e. The summed E-state index contributed by atoms with van der Waals surface area (Å²) in [5, 5.41) is 0.737. The first-order valence-corrected chi connectivity index (χ1v) is 8.39. The van der Waals surface area contributed by atoms with Crippen molar-refractivity contribution < 1.29 is 23.9 Å². The number of nitrogens with zero attached hydrogens (tertiary/aromatic N) is 2. The third kappa shape index (κ3) is 4.02. The molecule has 3 rings (SSSR count). The lowest BCUT2D eigenvalue weighted by Gasteiger charge is -2.28. The number of para-hydroxylation sites is 1. The molecule has 26 heavy (non-hydrogen) atoms. The maximum atomic E-state index is 12.2. The highest BCUT2D eigenvalue weighted by molar-refractivity contribution is 6.04. The molecule has 0 atom stereocenters. The van der Waals surface area contributed by atoms with Crippen LogP contribution in [-0.2, 0) is 19.1 Å². The number of amides is 2. The summed E-state index contributed by atoms with van der Waals surface area (Å²) in [5.74, 6) is -1.16. The number of likely N-dealkylation sites (N-methyl/N-ethyl adjacent to an activating group) is 1. The second-order valence-corrected chi connectivity index (χ2v) is 6.07. The molecule has 0 saturated carbocycles. The molecule has 1 N–H and O–H groups in total. The Morgan fingerprint density at radius 1 is 1.23 bits per heavy atom. The molecule has 0 aliphatic carbocycles. The van der Waals surface area contributed by atoms with Gasteiger partial charge < -0.3 is 24.3 Å². The van der Waals surface area contributed by atoms with Crippen molar-refractivity contribution in [2.75, 3.05) is 46.5 Å². The van der Waals surface area contributed by atoms with Crippen molar-refractivity contribution in [1.82, 2.24) is 14.8 Å². The van der Waals surface area contributed by atoms with Gasteiger partial charge >= 0.3 is 5.97 Å². The monoisotopic (exact) mass is 359 g/mol. The quantitative estimate of drug-likeness (QED) is 0.791. The molecule has 2 heterocycles. The zero-order chi connectivity index (χ0) is 18.5. The molecule has 1 aromatic heterocycles. The van der Waals surface area contributed by atoms with Gasteiger partial charge in [0.25, 0.3) is 5.91 Å². The predicted molar refractivity (Wildman–Crippen MR) is 93.6 cm³/mol. The highest BCUT2D eigenvalue weighted by Gasteiger charge is 2.21. The number of esters is 1. The Bertz CT molecular complexity index is 810. The van der Waals surface area contributed by atoms with Crippen LogP contribution >= 0.6 is 0 Å². The van der Waals surface area contributed by atoms with Crippen LogP contribution in [0.25, 0.3) is 10.9 Å². The summed E-state index contributed by atoms with van der Waals surface area (Å²) in [7, 11) is 1.51. The minimum absolute atomic E-state index is 0.0521. The summed E-state index contributed by atoms with van der Waals surface area (Å²) in [4.78, 5) is 42.4. The molecule has 1 aliphatic rings. The molecule has 138 valence electrons. The summed E-state index contributed by atoms with van der Waals surface area (Å²) in [6.45, 7) is 1.60. The van der Waals surface area contributed by atoms with Crippen molar-refractivity contribution in [3.8, 4) is 0 Å². The Morgan fingerprint density at radius 2 is 1.96 bits per heavy atom. The number of H-pyrrole nitrogens is 1. The smallest absolute Gasteiger partial charge is 0.340 e. The molecule has 0 bridgehead atoms. The van der Waals surface area contributed by atoms with Gasteiger partial charge in [0.05, 0.1) is 25.3 Å². The van der Waals surface area contributed by atoms with Gasteiger partial charge in [-0.1, -0.05) is 18.2 Å². The second kappa shape index (κ2) is 8.01. The van der Waals surface area contributed by atoms with E-state index in [0.717, 1.165) is 10.9 Å². The van der Waals surface area contributed by atoms with Crippen LogP contribution in [0.4, 0.5) is 0 Å². The number of nitrogens with one attached hydrogen (secondary N) is 1. The number of rotatable bonds is 5. The number of aromatic nitrogens is 1. The highest BCUT2D eigenvalue weighted by Crippen LogP contribution is 2.18. The maximum absolute atomic E-state index is 12.2. The number of benzene rings is 1. The summed E-state index contributed by atoms with van der Waals surface area (Å²) < 4.78 is 10.3. The van der Waals surface area contributed by atoms with Crippen molar-refractivity contribution in [2.24, 2.45) is 0 Å². The lowest BCUT2D eigenvalue weighted by Crippen LogP contribution is -2.46. The van der Waals surface area contributed by atoms with E-state index in [9.17, 15) is 14.4 Å².